The van der Waals surface area contributed by atoms with E-state index in [9.17, 15) is 9.90 Å². The molecule has 126 valence electrons. The number of esters is 1. The van der Waals surface area contributed by atoms with Crippen LogP contribution in [-0.4, -0.2) is 46.4 Å². The number of nitrogens with zero attached hydrogens (tertiary/aromatic N) is 2. The normalized spacial score (nSPS) is 12.7. The molecule has 1 atom stereocenters. The maximum atomic E-state index is 11.3. The van der Waals surface area contributed by atoms with Crippen LogP contribution >= 0.6 is 0 Å². The Morgan fingerprint density at radius 1 is 1.39 bits per heavy atom. The number of aliphatic hydroxyl groups is 1. The molecule has 0 aliphatic heterocycles. The summed E-state index contributed by atoms with van der Waals surface area (Å²) in [5.41, 5.74) is 2.14. The molecular formula is C17H25N3O3. The van der Waals surface area contributed by atoms with Crippen molar-refractivity contribution in [3.63, 3.8) is 0 Å². The van der Waals surface area contributed by atoms with Gasteiger partial charge in [0, 0.05) is 13.1 Å². The van der Waals surface area contributed by atoms with Crippen molar-refractivity contribution in [3.8, 4) is 0 Å². The van der Waals surface area contributed by atoms with Gasteiger partial charge in [-0.2, -0.15) is 0 Å². The zero-order chi connectivity index (χ0) is 16.7. The number of ether oxygens (including phenoxy) is 1. The van der Waals surface area contributed by atoms with E-state index in [0.29, 0.717) is 6.54 Å². The van der Waals surface area contributed by atoms with Crippen LogP contribution in [0.3, 0.4) is 0 Å². The van der Waals surface area contributed by atoms with Crippen LogP contribution in [0.25, 0.3) is 11.0 Å². The van der Waals surface area contributed by atoms with E-state index in [2.05, 4.69) is 20.9 Å². The van der Waals surface area contributed by atoms with E-state index in [-0.39, 0.29) is 18.5 Å². The summed E-state index contributed by atoms with van der Waals surface area (Å²) < 4.78 is 7.11. The van der Waals surface area contributed by atoms with Crippen LogP contribution in [0.15, 0.2) is 30.6 Å². The molecule has 0 fully saturated rings. The Bertz CT molecular complexity index is 624. The number of rotatable bonds is 9. The summed E-state index contributed by atoms with van der Waals surface area (Å²) in [7, 11) is 0. The van der Waals surface area contributed by atoms with Gasteiger partial charge in [-0.1, -0.05) is 26.0 Å². The Kier molecular flexibility index (Phi) is 6.55. The van der Waals surface area contributed by atoms with Crippen molar-refractivity contribution in [1.29, 1.82) is 0 Å². The number of aryl methyl sites for hydroxylation is 1. The van der Waals surface area contributed by atoms with Gasteiger partial charge in [0.25, 0.3) is 0 Å². The van der Waals surface area contributed by atoms with Crippen molar-refractivity contribution in [2.45, 2.75) is 32.9 Å². The summed E-state index contributed by atoms with van der Waals surface area (Å²) in [5, 5.41) is 12.9. The van der Waals surface area contributed by atoms with E-state index in [1.165, 1.54) is 0 Å². The van der Waals surface area contributed by atoms with Crippen molar-refractivity contribution < 1.29 is 14.6 Å². The van der Waals surface area contributed by atoms with Crippen molar-refractivity contribution in [3.05, 3.63) is 30.6 Å². The number of fused-ring (bicyclic) bond motifs is 1. The lowest BCUT2D eigenvalue weighted by molar-refractivity contribution is -0.150. The molecule has 6 nitrogen and oxygen atoms in total. The minimum atomic E-state index is -0.674. The van der Waals surface area contributed by atoms with Gasteiger partial charge in [0.05, 0.1) is 23.3 Å². The maximum absolute atomic E-state index is 11.3. The van der Waals surface area contributed by atoms with Gasteiger partial charge in [-0.15, -0.1) is 0 Å². The van der Waals surface area contributed by atoms with Gasteiger partial charge in [0.15, 0.2) is 0 Å². The Balaban J connectivity index is 1.61. The highest BCUT2D eigenvalue weighted by Gasteiger charge is 2.11. The number of aliphatic hydroxyl groups excluding tert-OH is 1. The van der Waals surface area contributed by atoms with Crippen LogP contribution < -0.4 is 5.32 Å². The van der Waals surface area contributed by atoms with Crippen molar-refractivity contribution >= 4 is 17.0 Å². The predicted octanol–water partition coefficient (Wildman–Crippen LogP) is 1.58. The molecule has 1 aromatic carbocycles. The molecule has 2 N–H and O–H groups in total. The first kappa shape index (κ1) is 17.4. The number of nitrogens with one attached hydrogen (secondary N) is 1. The van der Waals surface area contributed by atoms with E-state index in [4.69, 9.17) is 4.74 Å². The molecule has 0 aliphatic carbocycles. The third-order valence-corrected chi connectivity index (χ3v) is 3.55. The molecule has 0 bridgehead atoms. The molecule has 0 spiro atoms. The smallest absolute Gasteiger partial charge is 0.308 e. The summed E-state index contributed by atoms with van der Waals surface area (Å²) in [6, 6.07) is 8.05. The van der Waals surface area contributed by atoms with Gasteiger partial charge >= 0.3 is 5.97 Å². The highest BCUT2D eigenvalue weighted by molar-refractivity contribution is 5.74. The number of para-hydroxylation sites is 2. The molecule has 1 heterocycles. The summed E-state index contributed by atoms with van der Waals surface area (Å²) in [4.78, 5) is 15.7. The van der Waals surface area contributed by atoms with Crippen LogP contribution in [0.4, 0.5) is 0 Å². The van der Waals surface area contributed by atoms with Gasteiger partial charge in [-0.05, 0) is 25.1 Å². The number of hydrogen-bond donors (Lipinski definition) is 2. The van der Waals surface area contributed by atoms with E-state index in [1.54, 1.807) is 13.8 Å². The lowest BCUT2D eigenvalue weighted by Gasteiger charge is -2.13. The Labute approximate surface area is 136 Å². The van der Waals surface area contributed by atoms with Crippen LogP contribution in [0, 0.1) is 5.92 Å². The minimum Gasteiger partial charge on any atom is -0.463 e. The number of carbonyl (C=O) groups excluding carboxylic acids is 1. The molecule has 0 radical (unpaired) electrons. The lowest BCUT2D eigenvalue weighted by atomic mass is 10.2. The molecule has 6 heteroatoms. The predicted molar refractivity (Wildman–Crippen MR) is 89.0 cm³/mol. The second-order valence-electron chi connectivity index (χ2n) is 5.92. The SMILES string of the molecule is CC(C)C(=O)OCC(O)CNCCCn1cnc2ccccc21. The van der Waals surface area contributed by atoms with Gasteiger partial charge in [0.1, 0.15) is 12.7 Å². The first-order valence-corrected chi connectivity index (χ1v) is 8.03. The van der Waals surface area contributed by atoms with Gasteiger partial charge < -0.3 is 19.7 Å². The standard InChI is InChI=1S/C17H25N3O3/c1-13(2)17(22)23-11-14(21)10-18-8-5-9-20-12-19-15-6-3-4-7-16(15)20/h3-4,6-7,12-14,18,21H,5,8-11H2,1-2H3. The van der Waals surface area contributed by atoms with E-state index in [0.717, 1.165) is 30.5 Å². The summed E-state index contributed by atoms with van der Waals surface area (Å²) in [6.07, 6.45) is 2.11. The molecule has 0 aliphatic rings. The number of hydrogen-bond acceptors (Lipinski definition) is 5. The van der Waals surface area contributed by atoms with Crippen LogP contribution in [0.5, 0.6) is 0 Å². The molecular weight excluding hydrogens is 294 g/mol. The molecule has 0 saturated carbocycles. The third kappa shape index (κ3) is 5.33. The number of benzene rings is 1. The lowest BCUT2D eigenvalue weighted by Crippen LogP contribution is -2.32. The largest absolute Gasteiger partial charge is 0.463 e. The molecule has 1 unspecified atom stereocenters. The monoisotopic (exact) mass is 319 g/mol. The first-order chi connectivity index (χ1) is 11.1. The Morgan fingerprint density at radius 2 is 2.17 bits per heavy atom. The highest BCUT2D eigenvalue weighted by atomic mass is 16.5. The fourth-order valence-electron chi connectivity index (χ4n) is 2.24. The van der Waals surface area contributed by atoms with E-state index < -0.39 is 6.10 Å². The molecule has 0 saturated heterocycles. The third-order valence-electron chi connectivity index (χ3n) is 3.55. The van der Waals surface area contributed by atoms with Crippen molar-refractivity contribution in [2.24, 2.45) is 5.92 Å². The fraction of sp³-hybridized carbons (Fsp3) is 0.529. The molecule has 2 rings (SSSR count). The van der Waals surface area contributed by atoms with E-state index in [1.807, 2.05) is 24.5 Å². The fourth-order valence-corrected chi connectivity index (χ4v) is 2.24. The summed E-state index contributed by atoms with van der Waals surface area (Å²) in [6.45, 7) is 5.64. The summed E-state index contributed by atoms with van der Waals surface area (Å²) in [5.74, 6) is -0.448. The molecule has 1 aromatic heterocycles. The number of aromatic nitrogens is 2. The molecule has 0 amide bonds. The quantitative estimate of drug-likeness (QED) is 0.542. The minimum absolute atomic E-state index is 0.0379. The second-order valence-corrected chi connectivity index (χ2v) is 5.92. The van der Waals surface area contributed by atoms with Gasteiger partial charge in [0.2, 0.25) is 0 Å². The average molecular weight is 319 g/mol. The van der Waals surface area contributed by atoms with Gasteiger partial charge in [-0.25, -0.2) is 4.98 Å². The maximum Gasteiger partial charge on any atom is 0.308 e. The van der Waals surface area contributed by atoms with Crippen LogP contribution in [0.2, 0.25) is 0 Å². The van der Waals surface area contributed by atoms with E-state index >= 15 is 0 Å². The van der Waals surface area contributed by atoms with Crippen molar-refractivity contribution in [2.75, 3.05) is 19.7 Å². The Hall–Kier alpha value is -1.92. The van der Waals surface area contributed by atoms with Gasteiger partial charge in [-0.3, -0.25) is 4.79 Å². The summed E-state index contributed by atoms with van der Waals surface area (Å²) >= 11 is 0. The Morgan fingerprint density at radius 3 is 2.96 bits per heavy atom. The first-order valence-electron chi connectivity index (χ1n) is 8.03. The zero-order valence-electron chi connectivity index (χ0n) is 13.7. The molecule has 23 heavy (non-hydrogen) atoms. The van der Waals surface area contributed by atoms with Crippen molar-refractivity contribution in [1.82, 2.24) is 14.9 Å². The zero-order valence-corrected chi connectivity index (χ0v) is 13.7. The van der Waals surface area contributed by atoms with Crippen LogP contribution in [0.1, 0.15) is 20.3 Å². The number of carbonyl (C=O) groups is 1. The topological polar surface area (TPSA) is 76.4 Å². The molecule has 2 aromatic rings. The highest BCUT2D eigenvalue weighted by Crippen LogP contribution is 2.11. The second kappa shape index (κ2) is 8.64. The van der Waals surface area contributed by atoms with Crippen LogP contribution in [-0.2, 0) is 16.1 Å². The number of imidazole rings is 1. The average Bonchev–Trinajstić information content (AvgIpc) is 2.95.